The van der Waals surface area contributed by atoms with E-state index in [0.717, 1.165) is 0 Å². The van der Waals surface area contributed by atoms with E-state index in [-0.39, 0.29) is 48.9 Å². The van der Waals surface area contributed by atoms with Crippen LogP contribution in [0.15, 0.2) is 0 Å². The smallest absolute Gasteiger partial charge is 0.431 e. The summed E-state index contributed by atoms with van der Waals surface area (Å²) in [4.78, 5) is 99.8. The molecule has 2 aliphatic heterocycles. The van der Waals surface area contributed by atoms with Crippen LogP contribution in [-0.4, -0.2) is 84.2 Å². The van der Waals surface area contributed by atoms with Crippen LogP contribution in [0, 0.1) is 0 Å². The van der Waals surface area contributed by atoms with Crippen molar-refractivity contribution in [3.8, 4) is 0 Å². The first kappa shape index (κ1) is 24.0. The van der Waals surface area contributed by atoms with Crippen LogP contribution in [0.3, 0.4) is 0 Å². The van der Waals surface area contributed by atoms with Crippen molar-refractivity contribution in [1.82, 2.24) is 20.8 Å². The lowest BCUT2D eigenvalue weighted by Gasteiger charge is -2.13. The molecule has 0 saturated carbocycles. The molecule has 2 fully saturated rings. The summed E-state index contributed by atoms with van der Waals surface area (Å²) in [5.41, 5.74) is 0. The first-order valence-electron chi connectivity index (χ1n) is 9.16. The highest BCUT2D eigenvalue weighted by Gasteiger charge is 2.34. The lowest BCUT2D eigenvalue weighted by atomic mass is 10.4. The first-order valence-corrected chi connectivity index (χ1v) is 9.16. The Hall–Kier alpha value is -4.24. The van der Waals surface area contributed by atoms with Crippen LogP contribution < -0.4 is 10.6 Å². The Morgan fingerprint density at radius 2 is 0.938 bits per heavy atom. The second-order valence-electron chi connectivity index (χ2n) is 6.06. The molecule has 32 heavy (non-hydrogen) atoms. The summed E-state index contributed by atoms with van der Waals surface area (Å²) in [5.74, 6) is -4.94. The van der Waals surface area contributed by atoms with Gasteiger partial charge in [0.25, 0.3) is 23.6 Å². The predicted molar refractivity (Wildman–Crippen MR) is 93.1 cm³/mol. The number of hydroxylamine groups is 4. The van der Waals surface area contributed by atoms with E-state index in [9.17, 15) is 38.4 Å². The summed E-state index contributed by atoms with van der Waals surface area (Å²) in [6.45, 7) is -1.41. The number of hydrogen-bond acceptors (Lipinski definition) is 12. The number of carbonyl (C=O) groups excluding carboxylic acids is 8. The van der Waals surface area contributed by atoms with E-state index in [1.807, 2.05) is 0 Å². The molecular formula is C16H18N4O12. The standard InChI is InChI=1S/C16H18N4O12/c21-9-1-2-10(22)19(9)31-15(27)29-7-5-17-13(25)14(26)18-6-8-30-16(28)32-20-11(23)3-4-12(20)24/h1-8H2,(H,17,25)(H,18,26). The number of hydrogen-bond donors (Lipinski definition) is 2. The Morgan fingerprint density at radius 1 is 0.625 bits per heavy atom. The van der Waals surface area contributed by atoms with Gasteiger partial charge in [0, 0.05) is 25.7 Å². The maximum absolute atomic E-state index is 11.6. The fraction of sp³-hybridized carbons (Fsp3) is 0.500. The van der Waals surface area contributed by atoms with Gasteiger partial charge in [-0.25, -0.2) is 9.59 Å². The van der Waals surface area contributed by atoms with Gasteiger partial charge in [-0.1, -0.05) is 10.1 Å². The van der Waals surface area contributed by atoms with Gasteiger partial charge in [0.2, 0.25) is 0 Å². The SMILES string of the molecule is O=C(OCCNC(=O)C(=O)NCCOC(=O)ON1C(=O)CCC1=O)ON1C(=O)CCC1=O. The summed E-state index contributed by atoms with van der Waals surface area (Å²) in [5, 5.41) is 4.79. The van der Waals surface area contributed by atoms with E-state index < -0.39 is 61.0 Å². The molecule has 16 nitrogen and oxygen atoms in total. The number of ether oxygens (including phenoxy) is 2. The van der Waals surface area contributed by atoms with Crippen LogP contribution in [0.1, 0.15) is 25.7 Å². The minimum absolute atomic E-state index is 0.0820. The van der Waals surface area contributed by atoms with Crippen molar-refractivity contribution in [2.24, 2.45) is 0 Å². The van der Waals surface area contributed by atoms with Crippen molar-refractivity contribution in [3.05, 3.63) is 0 Å². The van der Waals surface area contributed by atoms with E-state index >= 15 is 0 Å². The third-order valence-corrected chi connectivity index (χ3v) is 3.76. The lowest BCUT2D eigenvalue weighted by molar-refractivity contribution is -0.177. The van der Waals surface area contributed by atoms with Crippen LogP contribution in [0.2, 0.25) is 0 Å². The second kappa shape index (κ2) is 11.2. The molecule has 2 heterocycles. The quantitative estimate of drug-likeness (QED) is 0.170. The highest BCUT2D eigenvalue weighted by atomic mass is 16.8. The molecule has 0 atom stereocenters. The fourth-order valence-corrected chi connectivity index (χ4v) is 2.28. The van der Waals surface area contributed by atoms with E-state index in [2.05, 4.69) is 29.8 Å². The molecule has 0 unspecified atom stereocenters. The average molecular weight is 458 g/mol. The molecule has 0 aliphatic carbocycles. The summed E-state index contributed by atoms with van der Waals surface area (Å²) in [6, 6.07) is 0. The first-order chi connectivity index (χ1) is 15.2. The minimum atomic E-state index is -1.34. The van der Waals surface area contributed by atoms with Crippen molar-refractivity contribution in [2.75, 3.05) is 26.3 Å². The van der Waals surface area contributed by atoms with Crippen LogP contribution >= 0.6 is 0 Å². The Balaban J connectivity index is 1.53. The van der Waals surface area contributed by atoms with Crippen LogP contribution in [0.25, 0.3) is 0 Å². The van der Waals surface area contributed by atoms with Gasteiger partial charge < -0.3 is 20.1 Å². The minimum Gasteiger partial charge on any atom is -0.431 e. The van der Waals surface area contributed by atoms with Gasteiger partial charge >= 0.3 is 24.1 Å². The van der Waals surface area contributed by atoms with Crippen molar-refractivity contribution in [3.63, 3.8) is 0 Å². The predicted octanol–water partition coefficient (Wildman–Crippen LogP) is -2.35. The molecule has 2 rings (SSSR count). The summed E-state index contributed by atoms with van der Waals surface area (Å²) in [6.07, 6.45) is -3.01. The molecule has 0 bridgehead atoms. The highest BCUT2D eigenvalue weighted by molar-refractivity contribution is 6.35. The molecule has 2 N–H and O–H groups in total. The maximum atomic E-state index is 11.6. The molecule has 0 spiro atoms. The molecule has 0 radical (unpaired) electrons. The number of amides is 6. The molecular weight excluding hydrogens is 440 g/mol. The van der Waals surface area contributed by atoms with Crippen molar-refractivity contribution in [2.45, 2.75) is 25.7 Å². The Kier molecular flexibility index (Phi) is 8.44. The third kappa shape index (κ3) is 6.92. The van der Waals surface area contributed by atoms with Gasteiger partial charge in [-0.2, -0.15) is 0 Å². The molecule has 16 heteroatoms. The Bertz CT molecular complexity index is 741. The van der Waals surface area contributed by atoms with Gasteiger partial charge in [-0.15, -0.1) is 0 Å². The number of imide groups is 2. The van der Waals surface area contributed by atoms with Crippen LogP contribution in [-0.2, 0) is 47.9 Å². The van der Waals surface area contributed by atoms with Crippen molar-refractivity contribution < 1.29 is 57.5 Å². The molecule has 2 saturated heterocycles. The van der Waals surface area contributed by atoms with Crippen LogP contribution in [0.5, 0.6) is 0 Å². The summed E-state index contributed by atoms with van der Waals surface area (Å²) in [7, 11) is 0. The monoisotopic (exact) mass is 458 g/mol. The largest absolute Gasteiger partial charge is 0.534 e. The molecule has 0 aromatic carbocycles. The number of nitrogens with one attached hydrogen (secondary N) is 2. The number of nitrogens with zero attached hydrogens (tertiary/aromatic N) is 2. The zero-order chi connectivity index (χ0) is 23.7. The Labute approximate surface area is 178 Å². The van der Waals surface area contributed by atoms with Gasteiger partial charge in [0.05, 0.1) is 13.1 Å². The van der Waals surface area contributed by atoms with E-state index in [1.165, 1.54) is 0 Å². The summed E-state index contributed by atoms with van der Waals surface area (Å²) >= 11 is 0. The molecule has 6 amide bonds. The summed E-state index contributed by atoms with van der Waals surface area (Å²) < 4.78 is 9.10. The Morgan fingerprint density at radius 3 is 1.25 bits per heavy atom. The number of carbonyl (C=O) groups is 8. The van der Waals surface area contributed by atoms with E-state index in [0.29, 0.717) is 0 Å². The number of rotatable bonds is 8. The van der Waals surface area contributed by atoms with E-state index in [1.54, 1.807) is 0 Å². The molecule has 174 valence electrons. The third-order valence-electron chi connectivity index (χ3n) is 3.76. The maximum Gasteiger partial charge on any atom is 0.534 e. The fourth-order valence-electron chi connectivity index (χ4n) is 2.28. The molecule has 0 aromatic rings. The van der Waals surface area contributed by atoms with Gasteiger partial charge in [-0.05, 0) is 0 Å². The van der Waals surface area contributed by atoms with Gasteiger partial charge in [0.15, 0.2) is 0 Å². The van der Waals surface area contributed by atoms with Gasteiger partial charge in [-0.3, -0.25) is 38.4 Å². The van der Waals surface area contributed by atoms with Crippen molar-refractivity contribution in [1.29, 1.82) is 0 Å². The second-order valence-corrected chi connectivity index (χ2v) is 6.06. The van der Waals surface area contributed by atoms with Gasteiger partial charge in [0.1, 0.15) is 13.2 Å². The zero-order valence-corrected chi connectivity index (χ0v) is 16.5. The zero-order valence-electron chi connectivity index (χ0n) is 16.5. The highest BCUT2D eigenvalue weighted by Crippen LogP contribution is 2.13. The van der Waals surface area contributed by atoms with E-state index in [4.69, 9.17) is 0 Å². The lowest BCUT2D eigenvalue weighted by Crippen LogP contribution is -2.42. The average Bonchev–Trinajstić information content (AvgIpc) is 3.24. The molecule has 2 aliphatic rings. The molecule has 0 aromatic heterocycles. The van der Waals surface area contributed by atoms with Crippen molar-refractivity contribution >= 4 is 47.8 Å². The topological polar surface area (TPSA) is 204 Å². The normalized spacial score (nSPS) is 15.5. The van der Waals surface area contributed by atoms with Crippen LogP contribution in [0.4, 0.5) is 9.59 Å².